The molecule has 160 valence electrons. The summed E-state index contributed by atoms with van der Waals surface area (Å²) in [6.07, 6.45) is 0.852. The number of rotatable bonds is 1. The van der Waals surface area contributed by atoms with E-state index in [2.05, 4.69) is 21.1 Å². The lowest BCUT2D eigenvalue weighted by atomic mass is 10.1. The number of hydrogen-bond donors (Lipinski definition) is 1. The Kier molecular flexibility index (Phi) is 5.27. The molecule has 3 heterocycles. The molecule has 1 unspecified atom stereocenters. The van der Waals surface area contributed by atoms with Crippen LogP contribution in [0.2, 0.25) is 0 Å². The van der Waals surface area contributed by atoms with Gasteiger partial charge in [-0.2, -0.15) is 10.4 Å². The minimum atomic E-state index is -3.74. The third kappa shape index (κ3) is 3.57. The normalized spacial score (nSPS) is 20.4. The third-order valence-corrected chi connectivity index (χ3v) is 7.01. The lowest BCUT2D eigenvalue weighted by Gasteiger charge is -2.24. The van der Waals surface area contributed by atoms with Crippen LogP contribution in [0.1, 0.15) is 35.5 Å². The molecule has 1 aromatic carbocycles. The van der Waals surface area contributed by atoms with Crippen LogP contribution >= 0.6 is 7.60 Å². The number of nitrogens with two attached hydrogens (primary N) is 1. The molecule has 2 aromatic heterocycles. The van der Waals surface area contributed by atoms with Gasteiger partial charge in [0.1, 0.15) is 24.5 Å². The fourth-order valence-electron chi connectivity index (χ4n) is 3.51. The quantitative estimate of drug-likeness (QED) is 0.566. The number of nitrogens with zero attached hydrogens (tertiary/aromatic N) is 5. The van der Waals surface area contributed by atoms with Gasteiger partial charge in [-0.1, -0.05) is 17.7 Å². The van der Waals surface area contributed by atoms with E-state index in [0.29, 0.717) is 27.8 Å². The highest BCUT2D eigenvalue weighted by atomic mass is 31.2. The number of benzene rings is 1. The number of aromatic nitrogens is 4. The average Bonchev–Trinajstić information content (AvgIpc) is 3.08. The second-order valence-electron chi connectivity index (χ2n) is 7.13. The molecule has 3 aromatic rings. The molecule has 1 aliphatic rings. The van der Waals surface area contributed by atoms with E-state index in [1.807, 2.05) is 19.1 Å². The number of ether oxygens (including phenoxy) is 1. The van der Waals surface area contributed by atoms with E-state index in [1.54, 1.807) is 20.0 Å². The Bertz CT molecular complexity index is 1270. The van der Waals surface area contributed by atoms with Crippen molar-refractivity contribution in [2.45, 2.75) is 26.6 Å². The monoisotopic (exact) mass is 440 g/mol. The Morgan fingerprint density at radius 2 is 2.19 bits per heavy atom. The SMILES string of the molecule is COP1(=O)OCc2nn(C)c(C#N)c2-c2cnc(N)c(n2)O[C@H](C)c2cc(C)ccc21. The first-order valence-corrected chi connectivity index (χ1v) is 11.0. The van der Waals surface area contributed by atoms with Gasteiger partial charge in [-0.15, -0.1) is 0 Å². The Morgan fingerprint density at radius 1 is 1.42 bits per heavy atom. The molecule has 4 rings (SSSR count). The van der Waals surface area contributed by atoms with E-state index >= 15 is 0 Å². The van der Waals surface area contributed by atoms with Gasteiger partial charge in [0.25, 0.3) is 5.88 Å². The summed E-state index contributed by atoms with van der Waals surface area (Å²) < 4.78 is 32.3. The summed E-state index contributed by atoms with van der Waals surface area (Å²) in [5.41, 5.74) is 8.94. The van der Waals surface area contributed by atoms with Gasteiger partial charge in [0.05, 0.1) is 28.5 Å². The van der Waals surface area contributed by atoms with Crippen LogP contribution in [0.25, 0.3) is 11.3 Å². The van der Waals surface area contributed by atoms with Crippen molar-refractivity contribution < 1.29 is 18.3 Å². The van der Waals surface area contributed by atoms with Crippen molar-refractivity contribution in [3.63, 3.8) is 0 Å². The highest BCUT2D eigenvalue weighted by molar-refractivity contribution is 7.62. The van der Waals surface area contributed by atoms with Gasteiger partial charge >= 0.3 is 7.60 Å². The minimum Gasteiger partial charge on any atom is -0.467 e. The summed E-state index contributed by atoms with van der Waals surface area (Å²) in [6.45, 7) is 3.54. The zero-order valence-electron chi connectivity index (χ0n) is 17.5. The fourth-order valence-corrected chi connectivity index (χ4v) is 5.07. The van der Waals surface area contributed by atoms with E-state index in [9.17, 15) is 9.83 Å². The Morgan fingerprint density at radius 3 is 2.90 bits per heavy atom. The number of aryl methyl sites for hydroxylation is 2. The predicted octanol–water partition coefficient (Wildman–Crippen LogP) is 2.77. The van der Waals surface area contributed by atoms with Crippen LogP contribution in [-0.4, -0.2) is 26.9 Å². The summed E-state index contributed by atoms with van der Waals surface area (Å²) in [4.78, 5) is 8.69. The number of fused-ring (bicyclic) bond motifs is 5. The summed E-state index contributed by atoms with van der Waals surface area (Å²) >= 11 is 0. The molecule has 2 atom stereocenters. The van der Waals surface area contributed by atoms with Crippen LogP contribution in [0.4, 0.5) is 5.82 Å². The molecular formula is C20H21N6O4P. The summed E-state index contributed by atoms with van der Waals surface area (Å²) in [6, 6.07) is 7.49. The molecule has 0 saturated carbocycles. The lowest BCUT2D eigenvalue weighted by Crippen LogP contribution is -2.20. The van der Waals surface area contributed by atoms with Crippen LogP contribution in [-0.2, 0) is 27.3 Å². The standard InChI is InChI=1S/C20H21N6O4P/c1-11-5-6-17-13(7-11)12(2)30-20-19(22)23-9-14(24-20)18-15(10-29-31(17,27)28-4)25-26(3)16(18)8-21/h5-7,9,12H,10H2,1-4H3,(H2,22,23)/t12-,31?/m1/s1. The molecule has 0 fully saturated rings. The maximum absolute atomic E-state index is 13.7. The van der Waals surface area contributed by atoms with Crippen LogP contribution < -0.4 is 15.8 Å². The second kappa shape index (κ2) is 7.78. The number of nitriles is 1. The van der Waals surface area contributed by atoms with Crippen molar-refractivity contribution in [2.24, 2.45) is 7.05 Å². The molecule has 10 nitrogen and oxygen atoms in total. The van der Waals surface area contributed by atoms with Crippen LogP contribution in [0.3, 0.4) is 0 Å². The summed E-state index contributed by atoms with van der Waals surface area (Å²) in [7, 11) is -0.787. The predicted molar refractivity (Wildman–Crippen MR) is 113 cm³/mol. The number of anilines is 1. The topological polar surface area (TPSA) is 138 Å². The molecule has 0 aliphatic carbocycles. The largest absolute Gasteiger partial charge is 0.467 e. The van der Waals surface area contributed by atoms with Crippen LogP contribution in [0, 0.1) is 18.3 Å². The van der Waals surface area contributed by atoms with E-state index < -0.39 is 13.7 Å². The molecule has 31 heavy (non-hydrogen) atoms. The molecule has 0 saturated heterocycles. The van der Waals surface area contributed by atoms with Crippen LogP contribution in [0.15, 0.2) is 24.4 Å². The third-order valence-electron chi connectivity index (χ3n) is 5.06. The molecule has 2 bridgehead atoms. The van der Waals surface area contributed by atoms with Crippen LogP contribution in [0.5, 0.6) is 5.88 Å². The molecule has 0 radical (unpaired) electrons. The molecule has 1 aliphatic heterocycles. The molecule has 2 N–H and O–H groups in total. The molecule has 0 amide bonds. The minimum absolute atomic E-state index is 0.0944. The lowest BCUT2D eigenvalue weighted by molar-refractivity contribution is 0.214. The Labute approximate surface area is 179 Å². The van der Waals surface area contributed by atoms with Gasteiger partial charge in [0, 0.05) is 19.7 Å². The maximum Gasteiger partial charge on any atom is 0.361 e. The van der Waals surface area contributed by atoms with Gasteiger partial charge in [0.15, 0.2) is 5.82 Å². The molecule has 0 spiro atoms. The summed E-state index contributed by atoms with van der Waals surface area (Å²) in [5, 5.41) is 14.4. The number of nitrogen functional groups attached to an aromatic ring is 1. The zero-order chi connectivity index (χ0) is 22.3. The molecule has 11 heteroatoms. The van der Waals surface area contributed by atoms with E-state index in [4.69, 9.17) is 19.5 Å². The van der Waals surface area contributed by atoms with Crippen molar-refractivity contribution >= 4 is 18.7 Å². The average molecular weight is 440 g/mol. The van der Waals surface area contributed by atoms with Crippen molar-refractivity contribution in [3.8, 4) is 23.2 Å². The van der Waals surface area contributed by atoms with Gasteiger partial charge in [-0.3, -0.25) is 13.8 Å². The van der Waals surface area contributed by atoms with Crippen molar-refractivity contribution in [1.29, 1.82) is 5.26 Å². The van der Waals surface area contributed by atoms with E-state index in [0.717, 1.165) is 5.56 Å². The maximum atomic E-state index is 13.7. The fraction of sp³-hybridized carbons (Fsp3) is 0.300. The van der Waals surface area contributed by atoms with E-state index in [-0.39, 0.29) is 24.0 Å². The van der Waals surface area contributed by atoms with Crippen molar-refractivity contribution in [2.75, 3.05) is 12.8 Å². The van der Waals surface area contributed by atoms with Crippen molar-refractivity contribution in [3.05, 3.63) is 46.9 Å². The summed E-state index contributed by atoms with van der Waals surface area (Å²) in [5.74, 6) is 0.196. The first-order chi connectivity index (χ1) is 14.8. The Hall–Kier alpha value is -3.25. The van der Waals surface area contributed by atoms with E-state index in [1.165, 1.54) is 18.0 Å². The highest BCUT2D eigenvalue weighted by Crippen LogP contribution is 2.49. The number of hydrogen-bond acceptors (Lipinski definition) is 9. The zero-order valence-corrected chi connectivity index (χ0v) is 18.4. The highest BCUT2D eigenvalue weighted by Gasteiger charge is 2.34. The van der Waals surface area contributed by atoms with Gasteiger partial charge in [0.2, 0.25) is 0 Å². The van der Waals surface area contributed by atoms with Gasteiger partial charge in [-0.25, -0.2) is 9.97 Å². The first kappa shape index (κ1) is 21.0. The van der Waals surface area contributed by atoms with Gasteiger partial charge < -0.3 is 15.0 Å². The smallest absolute Gasteiger partial charge is 0.361 e. The second-order valence-corrected chi connectivity index (χ2v) is 9.23. The van der Waals surface area contributed by atoms with Crippen molar-refractivity contribution in [1.82, 2.24) is 19.7 Å². The Balaban J connectivity index is 1.99. The van der Waals surface area contributed by atoms with Gasteiger partial charge in [-0.05, 0) is 19.9 Å². The molecular weight excluding hydrogens is 419 g/mol. The first-order valence-electron chi connectivity index (χ1n) is 9.44.